The number of anilines is 1. The fourth-order valence-corrected chi connectivity index (χ4v) is 1.61. The van der Waals surface area contributed by atoms with Gasteiger partial charge in [0.05, 0.1) is 27.8 Å². The number of esters is 1. The molecule has 0 aliphatic carbocycles. The highest BCUT2D eigenvalue weighted by Crippen LogP contribution is 2.29. The quantitative estimate of drug-likeness (QED) is 0.467. The van der Waals surface area contributed by atoms with E-state index in [0.717, 1.165) is 5.69 Å². The summed E-state index contributed by atoms with van der Waals surface area (Å²) in [5.74, 6) is 1.54. The monoisotopic (exact) mass is 295 g/mol. The number of aliphatic imine (C=N–C) groups is 1. The Morgan fingerprint density at radius 1 is 1.19 bits per heavy atom. The maximum absolute atomic E-state index is 11.0. The lowest BCUT2D eigenvalue weighted by Gasteiger charge is -2.13. The fourth-order valence-electron chi connectivity index (χ4n) is 1.61. The zero-order valence-corrected chi connectivity index (χ0v) is 12.7. The van der Waals surface area contributed by atoms with Gasteiger partial charge in [0.15, 0.2) is 17.5 Å². The molecule has 0 spiro atoms. The van der Waals surface area contributed by atoms with Gasteiger partial charge in [-0.1, -0.05) is 0 Å². The molecule has 0 amide bonds. The maximum atomic E-state index is 11.0. The Labute approximate surface area is 124 Å². The molecule has 1 aromatic rings. The standard InChI is InChI=1S/C14H21N3O4/c1-15-14(16-8-7-13(18)21-4)17-10-5-6-11(19-2)12(9-10)20-3/h5-6,9H,7-8H2,1-4H3,(H2,15,16,17). The molecule has 0 aliphatic rings. The van der Waals surface area contributed by atoms with E-state index in [1.165, 1.54) is 7.11 Å². The van der Waals surface area contributed by atoms with E-state index in [9.17, 15) is 4.79 Å². The molecule has 0 heterocycles. The molecular weight excluding hydrogens is 274 g/mol. The number of methoxy groups -OCH3 is 3. The zero-order chi connectivity index (χ0) is 15.7. The minimum absolute atomic E-state index is 0.267. The number of hydrogen-bond donors (Lipinski definition) is 2. The van der Waals surface area contributed by atoms with Crippen molar-refractivity contribution in [1.29, 1.82) is 0 Å². The van der Waals surface area contributed by atoms with Crippen LogP contribution in [0.5, 0.6) is 11.5 Å². The Bertz CT molecular complexity index is 503. The van der Waals surface area contributed by atoms with Crippen LogP contribution in [0, 0.1) is 0 Å². The fraction of sp³-hybridized carbons (Fsp3) is 0.429. The van der Waals surface area contributed by atoms with Gasteiger partial charge in [0.1, 0.15) is 0 Å². The summed E-state index contributed by atoms with van der Waals surface area (Å²) in [7, 11) is 6.16. The summed E-state index contributed by atoms with van der Waals surface area (Å²) >= 11 is 0. The predicted molar refractivity (Wildman–Crippen MR) is 81.2 cm³/mol. The van der Waals surface area contributed by atoms with E-state index >= 15 is 0 Å². The number of guanidine groups is 1. The molecule has 0 unspecified atom stereocenters. The Hall–Kier alpha value is -2.44. The Balaban J connectivity index is 2.63. The molecule has 7 nitrogen and oxygen atoms in total. The molecule has 1 rings (SSSR count). The maximum Gasteiger partial charge on any atom is 0.307 e. The molecule has 21 heavy (non-hydrogen) atoms. The highest BCUT2D eigenvalue weighted by molar-refractivity contribution is 5.94. The van der Waals surface area contributed by atoms with Gasteiger partial charge in [0.2, 0.25) is 0 Å². The topological polar surface area (TPSA) is 81.2 Å². The van der Waals surface area contributed by atoms with Crippen LogP contribution < -0.4 is 20.1 Å². The molecular formula is C14H21N3O4. The van der Waals surface area contributed by atoms with Gasteiger partial charge in [-0.15, -0.1) is 0 Å². The Kier molecular flexibility index (Phi) is 6.86. The lowest BCUT2D eigenvalue weighted by Crippen LogP contribution is -2.32. The molecule has 0 bridgehead atoms. The van der Waals surface area contributed by atoms with E-state index in [4.69, 9.17) is 9.47 Å². The SMILES string of the molecule is CN=C(NCCC(=O)OC)Nc1ccc(OC)c(OC)c1. The van der Waals surface area contributed by atoms with Crippen LogP contribution >= 0.6 is 0 Å². The van der Waals surface area contributed by atoms with Crippen LogP contribution in [0.2, 0.25) is 0 Å². The largest absolute Gasteiger partial charge is 0.493 e. The van der Waals surface area contributed by atoms with Crippen molar-refractivity contribution in [3.63, 3.8) is 0 Å². The summed E-state index contributed by atoms with van der Waals surface area (Å²) in [6, 6.07) is 5.43. The second-order valence-corrected chi connectivity index (χ2v) is 4.02. The van der Waals surface area contributed by atoms with Crippen LogP contribution in [0.15, 0.2) is 23.2 Å². The predicted octanol–water partition coefficient (Wildman–Crippen LogP) is 1.25. The van der Waals surface area contributed by atoms with Crippen LogP contribution in [-0.4, -0.2) is 46.9 Å². The second kappa shape index (κ2) is 8.68. The molecule has 116 valence electrons. The molecule has 0 radical (unpaired) electrons. The first kappa shape index (κ1) is 16.6. The van der Waals surface area contributed by atoms with Crippen molar-refractivity contribution >= 4 is 17.6 Å². The van der Waals surface area contributed by atoms with E-state index in [2.05, 4.69) is 20.4 Å². The summed E-state index contributed by atoms with van der Waals surface area (Å²) < 4.78 is 15.0. The van der Waals surface area contributed by atoms with Crippen LogP contribution in [0.4, 0.5) is 5.69 Å². The summed E-state index contributed by atoms with van der Waals surface area (Å²) in [5, 5.41) is 6.11. The number of hydrogen-bond acceptors (Lipinski definition) is 5. The number of rotatable bonds is 6. The van der Waals surface area contributed by atoms with Gasteiger partial charge in [-0.25, -0.2) is 0 Å². The lowest BCUT2D eigenvalue weighted by atomic mass is 10.3. The molecule has 1 aromatic carbocycles. The first-order valence-electron chi connectivity index (χ1n) is 6.41. The molecule has 0 aliphatic heterocycles. The van der Waals surface area contributed by atoms with E-state index in [-0.39, 0.29) is 12.4 Å². The lowest BCUT2D eigenvalue weighted by molar-refractivity contribution is -0.140. The minimum atomic E-state index is -0.274. The summed E-state index contributed by atoms with van der Waals surface area (Å²) in [4.78, 5) is 15.1. The first-order chi connectivity index (χ1) is 10.1. The Morgan fingerprint density at radius 3 is 2.48 bits per heavy atom. The smallest absolute Gasteiger partial charge is 0.307 e. The number of ether oxygens (including phenoxy) is 3. The third-order valence-corrected chi connectivity index (χ3v) is 2.72. The summed E-state index contributed by atoms with van der Waals surface area (Å²) in [6.07, 6.45) is 0.267. The van der Waals surface area contributed by atoms with Crippen LogP contribution in [0.3, 0.4) is 0 Å². The minimum Gasteiger partial charge on any atom is -0.493 e. The van der Waals surface area contributed by atoms with E-state index in [1.807, 2.05) is 6.07 Å². The van der Waals surface area contributed by atoms with Gasteiger partial charge in [-0.05, 0) is 12.1 Å². The molecule has 0 saturated carbocycles. The highest BCUT2D eigenvalue weighted by Gasteiger charge is 2.06. The van der Waals surface area contributed by atoms with Crippen molar-refractivity contribution in [3.05, 3.63) is 18.2 Å². The summed E-state index contributed by atoms with van der Waals surface area (Å²) in [6.45, 7) is 0.430. The van der Waals surface area contributed by atoms with E-state index < -0.39 is 0 Å². The van der Waals surface area contributed by atoms with Gasteiger partial charge in [-0.2, -0.15) is 0 Å². The van der Waals surface area contributed by atoms with Crippen molar-refractivity contribution in [3.8, 4) is 11.5 Å². The van der Waals surface area contributed by atoms with E-state index in [0.29, 0.717) is 24.0 Å². The van der Waals surface area contributed by atoms with E-state index in [1.54, 1.807) is 33.4 Å². The molecule has 0 atom stereocenters. The van der Waals surface area contributed by atoms with Gasteiger partial charge in [0.25, 0.3) is 0 Å². The number of carbonyl (C=O) groups excluding carboxylic acids is 1. The summed E-state index contributed by atoms with van der Waals surface area (Å²) in [5.41, 5.74) is 0.791. The average Bonchev–Trinajstić information content (AvgIpc) is 2.53. The molecule has 7 heteroatoms. The van der Waals surface area contributed by atoms with Crippen molar-refractivity contribution in [1.82, 2.24) is 5.32 Å². The van der Waals surface area contributed by atoms with Gasteiger partial charge in [-0.3, -0.25) is 9.79 Å². The highest BCUT2D eigenvalue weighted by atomic mass is 16.5. The van der Waals surface area contributed by atoms with Crippen LogP contribution in [0.1, 0.15) is 6.42 Å². The van der Waals surface area contributed by atoms with Crippen LogP contribution in [0.25, 0.3) is 0 Å². The molecule has 0 saturated heterocycles. The van der Waals surface area contributed by atoms with Crippen molar-refractivity contribution in [2.24, 2.45) is 4.99 Å². The van der Waals surface area contributed by atoms with Crippen molar-refractivity contribution in [2.45, 2.75) is 6.42 Å². The average molecular weight is 295 g/mol. The number of benzene rings is 1. The molecule has 0 aromatic heterocycles. The van der Waals surface area contributed by atoms with Crippen LogP contribution in [-0.2, 0) is 9.53 Å². The number of nitrogens with one attached hydrogen (secondary N) is 2. The number of nitrogens with zero attached hydrogens (tertiary/aromatic N) is 1. The molecule has 2 N–H and O–H groups in total. The molecule has 0 fully saturated rings. The van der Waals surface area contributed by atoms with Crippen molar-refractivity contribution < 1.29 is 19.0 Å². The Morgan fingerprint density at radius 2 is 1.90 bits per heavy atom. The normalized spacial score (nSPS) is 10.8. The third-order valence-electron chi connectivity index (χ3n) is 2.72. The number of carbonyl (C=O) groups is 1. The van der Waals surface area contributed by atoms with Gasteiger partial charge < -0.3 is 24.8 Å². The second-order valence-electron chi connectivity index (χ2n) is 4.02. The van der Waals surface area contributed by atoms with Crippen molar-refractivity contribution in [2.75, 3.05) is 40.2 Å². The third kappa shape index (κ3) is 5.21. The van der Waals surface area contributed by atoms with Gasteiger partial charge in [0, 0.05) is 25.3 Å². The zero-order valence-electron chi connectivity index (χ0n) is 12.7. The van der Waals surface area contributed by atoms with Gasteiger partial charge >= 0.3 is 5.97 Å². The first-order valence-corrected chi connectivity index (χ1v) is 6.41.